The Morgan fingerprint density at radius 3 is 2.71 bits per heavy atom. The van der Waals surface area contributed by atoms with Gasteiger partial charge in [-0.1, -0.05) is 37.6 Å². The molecule has 1 aromatic carbocycles. The van der Waals surface area contributed by atoms with E-state index in [1.54, 1.807) is 17.4 Å². The number of hydrogen-bond acceptors (Lipinski definition) is 2. The average molecular weight is 303 g/mol. The molecule has 1 N–H and O–H groups in total. The van der Waals surface area contributed by atoms with Crippen LogP contribution in [0.5, 0.6) is 0 Å². The summed E-state index contributed by atoms with van der Waals surface area (Å²) < 4.78 is 13.8. The van der Waals surface area contributed by atoms with Crippen LogP contribution in [0.1, 0.15) is 25.6 Å². The molecule has 0 atom stereocenters. The first-order chi connectivity index (χ1) is 10.1. The smallest absolute Gasteiger partial charge is 0.131 e. The van der Waals surface area contributed by atoms with Crippen molar-refractivity contribution in [2.75, 3.05) is 13.1 Å². The van der Waals surface area contributed by atoms with Crippen molar-refractivity contribution in [3.8, 4) is 10.4 Å². The summed E-state index contributed by atoms with van der Waals surface area (Å²) >= 11 is 1.62. The minimum absolute atomic E-state index is 0.162. The fourth-order valence-corrected chi connectivity index (χ4v) is 3.15. The normalized spacial score (nSPS) is 12.1. The van der Waals surface area contributed by atoms with Gasteiger partial charge in [0.1, 0.15) is 5.82 Å². The SMILES string of the molecule is CC(=Cc1ccc(-c2ccccc2F)s1)CNCC(C)C. The summed E-state index contributed by atoms with van der Waals surface area (Å²) in [7, 11) is 0. The van der Waals surface area contributed by atoms with E-state index in [1.165, 1.54) is 11.6 Å². The zero-order valence-electron chi connectivity index (χ0n) is 12.8. The van der Waals surface area contributed by atoms with Crippen molar-refractivity contribution in [2.45, 2.75) is 20.8 Å². The van der Waals surface area contributed by atoms with Crippen molar-refractivity contribution in [2.24, 2.45) is 5.92 Å². The van der Waals surface area contributed by atoms with E-state index in [2.05, 4.69) is 38.2 Å². The highest BCUT2D eigenvalue weighted by Crippen LogP contribution is 2.30. The molecule has 0 spiro atoms. The van der Waals surface area contributed by atoms with Gasteiger partial charge in [0.15, 0.2) is 0 Å². The average Bonchev–Trinajstić information content (AvgIpc) is 2.87. The Morgan fingerprint density at radius 2 is 2.00 bits per heavy atom. The first-order valence-electron chi connectivity index (χ1n) is 7.29. The van der Waals surface area contributed by atoms with Gasteiger partial charge in [0.2, 0.25) is 0 Å². The van der Waals surface area contributed by atoms with Gasteiger partial charge in [-0.05, 0) is 43.7 Å². The second-order valence-corrected chi connectivity index (χ2v) is 6.81. The lowest BCUT2D eigenvalue weighted by Gasteiger charge is -2.07. The molecule has 112 valence electrons. The summed E-state index contributed by atoms with van der Waals surface area (Å²) in [5.41, 5.74) is 1.97. The number of thiophene rings is 1. The molecule has 1 aromatic heterocycles. The Bertz CT molecular complexity index is 613. The van der Waals surface area contributed by atoms with Crippen molar-refractivity contribution >= 4 is 17.4 Å². The van der Waals surface area contributed by atoms with Crippen molar-refractivity contribution in [3.63, 3.8) is 0 Å². The highest BCUT2D eigenvalue weighted by atomic mass is 32.1. The van der Waals surface area contributed by atoms with Crippen LogP contribution in [0.4, 0.5) is 4.39 Å². The van der Waals surface area contributed by atoms with Crippen molar-refractivity contribution in [1.29, 1.82) is 0 Å². The molecule has 0 radical (unpaired) electrons. The molecule has 0 aliphatic heterocycles. The molecule has 1 heterocycles. The zero-order valence-corrected chi connectivity index (χ0v) is 13.6. The highest BCUT2D eigenvalue weighted by molar-refractivity contribution is 7.16. The monoisotopic (exact) mass is 303 g/mol. The minimum Gasteiger partial charge on any atom is -0.313 e. The molecule has 0 fully saturated rings. The highest BCUT2D eigenvalue weighted by Gasteiger charge is 2.06. The summed E-state index contributed by atoms with van der Waals surface area (Å²) in [6.45, 7) is 8.44. The van der Waals surface area contributed by atoms with Crippen LogP contribution in [-0.2, 0) is 0 Å². The Hall–Kier alpha value is -1.45. The molecule has 1 nitrogen and oxygen atoms in total. The number of nitrogens with one attached hydrogen (secondary N) is 1. The number of benzene rings is 1. The first-order valence-corrected chi connectivity index (χ1v) is 8.10. The van der Waals surface area contributed by atoms with Crippen LogP contribution < -0.4 is 5.32 Å². The van der Waals surface area contributed by atoms with E-state index in [4.69, 9.17) is 0 Å². The largest absolute Gasteiger partial charge is 0.313 e. The van der Waals surface area contributed by atoms with E-state index in [9.17, 15) is 4.39 Å². The van der Waals surface area contributed by atoms with Crippen LogP contribution >= 0.6 is 11.3 Å². The molecule has 0 saturated carbocycles. The van der Waals surface area contributed by atoms with Crippen LogP contribution in [-0.4, -0.2) is 13.1 Å². The Morgan fingerprint density at radius 1 is 1.24 bits per heavy atom. The number of hydrogen-bond donors (Lipinski definition) is 1. The molecule has 0 unspecified atom stereocenters. The maximum Gasteiger partial charge on any atom is 0.131 e. The molecular formula is C18H22FNS. The van der Waals surface area contributed by atoms with Crippen LogP contribution in [0.3, 0.4) is 0 Å². The summed E-state index contributed by atoms with van der Waals surface area (Å²) in [6, 6.07) is 11.0. The Kier molecular flexibility index (Phi) is 5.71. The minimum atomic E-state index is -0.162. The number of rotatable bonds is 6. The van der Waals surface area contributed by atoms with Crippen LogP contribution in [0.15, 0.2) is 42.0 Å². The van der Waals surface area contributed by atoms with Gasteiger partial charge in [0.05, 0.1) is 0 Å². The van der Waals surface area contributed by atoms with Gasteiger partial charge in [-0.3, -0.25) is 0 Å². The van der Waals surface area contributed by atoms with E-state index in [0.29, 0.717) is 11.5 Å². The lowest BCUT2D eigenvalue weighted by Crippen LogP contribution is -2.21. The summed E-state index contributed by atoms with van der Waals surface area (Å²) in [6.07, 6.45) is 2.17. The molecule has 0 aliphatic carbocycles. The fraction of sp³-hybridized carbons (Fsp3) is 0.333. The van der Waals surface area contributed by atoms with Gasteiger partial charge in [-0.2, -0.15) is 0 Å². The van der Waals surface area contributed by atoms with E-state index in [0.717, 1.165) is 22.8 Å². The van der Waals surface area contributed by atoms with Gasteiger partial charge in [-0.15, -0.1) is 11.3 Å². The van der Waals surface area contributed by atoms with E-state index < -0.39 is 0 Å². The summed E-state index contributed by atoms with van der Waals surface area (Å²) in [4.78, 5) is 2.14. The summed E-state index contributed by atoms with van der Waals surface area (Å²) in [5.74, 6) is 0.498. The van der Waals surface area contributed by atoms with Crippen LogP contribution in [0.2, 0.25) is 0 Å². The van der Waals surface area contributed by atoms with Gasteiger partial charge in [-0.25, -0.2) is 4.39 Å². The standard InChI is InChI=1S/C18H22FNS/c1-13(2)11-20-12-14(3)10-15-8-9-18(21-15)16-6-4-5-7-17(16)19/h4-10,13,20H,11-12H2,1-3H3. The molecule has 2 rings (SSSR count). The quantitative estimate of drug-likeness (QED) is 0.773. The Labute approximate surface area is 130 Å². The first kappa shape index (κ1) is 15.9. The van der Waals surface area contributed by atoms with E-state index in [-0.39, 0.29) is 5.82 Å². The predicted molar refractivity (Wildman–Crippen MR) is 91.1 cm³/mol. The molecular weight excluding hydrogens is 281 g/mol. The third-order valence-corrected chi connectivity index (χ3v) is 4.18. The van der Waals surface area contributed by atoms with Gasteiger partial charge >= 0.3 is 0 Å². The van der Waals surface area contributed by atoms with Crippen LogP contribution in [0, 0.1) is 11.7 Å². The molecule has 0 bridgehead atoms. The molecule has 21 heavy (non-hydrogen) atoms. The molecule has 0 amide bonds. The maximum atomic E-state index is 13.8. The molecule has 3 heteroatoms. The van der Waals surface area contributed by atoms with E-state index >= 15 is 0 Å². The third kappa shape index (κ3) is 4.80. The lowest BCUT2D eigenvalue weighted by atomic mass is 10.2. The van der Waals surface area contributed by atoms with E-state index in [1.807, 2.05) is 18.2 Å². The Balaban J connectivity index is 2.05. The second kappa shape index (κ2) is 7.53. The topological polar surface area (TPSA) is 12.0 Å². The van der Waals surface area contributed by atoms with Crippen molar-refractivity contribution < 1.29 is 4.39 Å². The van der Waals surface area contributed by atoms with Crippen molar-refractivity contribution in [1.82, 2.24) is 5.32 Å². The third-order valence-electron chi connectivity index (χ3n) is 3.11. The molecule has 2 aromatic rings. The molecule has 0 saturated heterocycles. The maximum absolute atomic E-state index is 13.8. The van der Waals surface area contributed by atoms with Gasteiger partial charge in [0.25, 0.3) is 0 Å². The number of halogens is 1. The van der Waals surface area contributed by atoms with Gasteiger partial charge < -0.3 is 5.32 Å². The van der Waals surface area contributed by atoms with Crippen molar-refractivity contribution in [3.05, 3.63) is 52.7 Å². The zero-order chi connectivity index (χ0) is 15.2. The van der Waals surface area contributed by atoms with Crippen LogP contribution in [0.25, 0.3) is 16.5 Å². The lowest BCUT2D eigenvalue weighted by molar-refractivity contribution is 0.572. The van der Waals surface area contributed by atoms with Gasteiger partial charge in [0, 0.05) is 21.9 Å². The predicted octanol–water partition coefficient (Wildman–Crippen LogP) is 5.20. The molecule has 0 aliphatic rings. The fourth-order valence-electron chi connectivity index (χ4n) is 2.09. The summed E-state index contributed by atoms with van der Waals surface area (Å²) in [5, 5.41) is 3.43. The second-order valence-electron chi connectivity index (χ2n) is 5.70.